The maximum atomic E-state index is 4.47. The minimum atomic E-state index is 0.962. The summed E-state index contributed by atoms with van der Waals surface area (Å²) in [5.41, 5.74) is 1.69. The van der Waals surface area contributed by atoms with E-state index < -0.39 is 0 Å². The molecule has 6 unspecified atom stereocenters. The summed E-state index contributed by atoms with van der Waals surface area (Å²) in [6, 6.07) is 0. The third-order valence-electron chi connectivity index (χ3n) is 6.20. The molecule has 4 rings (SSSR count). The third-order valence-corrected chi connectivity index (χ3v) is 6.20. The van der Waals surface area contributed by atoms with E-state index in [2.05, 4.69) is 6.58 Å². The van der Waals surface area contributed by atoms with E-state index in [9.17, 15) is 0 Å². The zero-order valence-corrected chi connectivity index (χ0v) is 9.62. The van der Waals surface area contributed by atoms with Crippen LogP contribution in [0.25, 0.3) is 0 Å². The lowest BCUT2D eigenvalue weighted by molar-refractivity contribution is 0.215. The highest BCUT2D eigenvalue weighted by atomic mass is 14.6. The number of fused-ring (bicyclic) bond motifs is 1. The molecule has 0 aromatic carbocycles. The average molecular weight is 202 g/mol. The molecule has 82 valence electrons. The Kier molecular flexibility index (Phi) is 1.71. The zero-order valence-electron chi connectivity index (χ0n) is 9.62. The SMILES string of the molecule is C=C1C2CC3CCCC4CCC1C4C2C3. The molecular formula is C15H22. The second kappa shape index (κ2) is 2.90. The Morgan fingerprint density at radius 2 is 1.87 bits per heavy atom. The van der Waals surface area contributed by atoms with Gasteiger partial charge in [0.2, 0.25) is 0 Å². The van der Waals surface area contributed by atoms with Gasteiger partial charge in [0.1, 0.15) is 0 Å². The third kappa shape index (κ3) is 1.04. The predicted molar refractivity (Wildman–Crippen MR) is 62.4 cm³/mol. The van der Waals surface area contributed by atoms with Gasteiger partial charge in [-0.2, -0.15) is 0 Å². The van der Waals surface area contributed by atoms with E-state index in [-0.39, 0.29) is 0 Å². The molecule has 2 bridgehead atoms. The second-order valence-corrected chi connectivity index (χ2v) is 6.63. The molecule has 4 aliphatic carbocycles. The van der Waals surface area contributed by atoms with Crippen LogP contribution in [0, 0.1) is 35.5 Å². The molecule has 0 heterocycles. The van der Waals surface area contributed by atoms with Crippen LogP contribution in [0.2, 0.25) is 0 Å². The summed E-state index contributed by atoms with van der Waals surface area (Å²) in [5, 5.41) is 0. The molecule has 0 amide bonds. The summed E-state index contributed by atoms with van der Waals surface area (Å²) in [6.07, 6.45) is 10.7. The van der Waals surface area contributed by atoms with Crippen LogP contribution in [0.3, 0.4) is 0 Å². The Morgan fingerprint density at radius 1 is 0.933 bits per heavy atom. The average Bonchev–Trinajstić information content (AvgIpc) is 2.80. The van der Waals surface area contributed by atoms with Gasteiger partial charge in [-0.15, -0.1) is 0 Å². The van der Waals surface area contributed by atoms with Gasteiger partial charge in [0, 0.05) is 0 Å². The Labute approximate surface area is 93.1 Å². The van der Waals surface area contributed by atoms with Crippen LogP contribution in [0.4, 0.5) is 0 Å². The van der Waals surface area contributed by atoms with Gasteiger partial charge in [0.25, 0.3) is 0 Å². The topological polar surface area (TPSA) is 0 Å². The lowest BCUT2D eigenvalue weighted by atomic mass is 9.77. The summed E-state index contributed by atoms with van der Waals surface area (Å²) < 4.78 is 0. The fraction of sp³-hybridized carbons (Fsp3) is 0.867. The number of hydrogen-bond donors (Lipinski definition) is 0. The molecule has 0 radical (unpaired) electrons. The Morgan fingerprint density at radius 3 is 2.80 bits per heavy atom. The fourth-order valence-corrected chi connectivity index (χ4v) is 5.73. The molecule has 15 heavy (non-hydrogen) atoms. The highest BCUT2D eigenvalue weighted by Crippen LogP contribution is 2.64. The molecule has 0 N–H and O–H groups in total. The van der Waals surface area contributed by atoms with Gasteiger partial charge in [0.05, 0.1) is 0 Å². The van der Waals surface area contributed by atoms with Crippen LogP contribution < -0.4 is 0 Å². The van der Waals surface area contributed by atoms with Crippen molar-refractivity contribution >= 4 is 0 Å². The van der Waals surface area contributed by atoms with E-state index in [1.165, 1.54) is 32.1 Å². The normalized spacial score (nSPS) is 56.9. The molecule has 4 fully saturated rings. The zero-order chi connectivity index (χ0) is 9.99. The fourth-order valence-electron chi connectivity index (χ4n) is 5.73. The number of rotatable bonds is 0. The molecule has 0 spiro atoms. The van der Waals surface area contributed by atoms with E-state index in [4.69, 9.17) is 0 Å². The Hall–Kier alpha value is -0.260. The van der Waals surface area contributed by atoms with Crippen molar-refractivity contribution in [3.05, 3.63) is 12.2 Å². The summed E-state index contributed by atoms with van der Waals surface area (Å²) in [4.78, 5) is 0. The number of allylic oxidation sites excluding steroid dienone is 1. The molecule has 4 saturated carbocycles. The molecular weight excluding hydrogens is 180 g/mol. The molecule has 0 nitrogen and oxygen atoms in total. The molecule has 6 atom stereocenters. The maximum absolute atomic E-state index is 4.47. The Bertz CT molecular complexity index is 303. The smallest absolute Gasteiger partial charge is 0.0169 e. The first-order valence-corrected chi connectivity index (χ1v) is 7.03. The van der Waals surface area contributed by atoms with Crippen molar-refractivity contribution < 1.29 is 0 Å². The molecule has 0 saturated heterocycles. The van der Waals surface area contributed by atoms with E-state index >= 15 is 0 Å². The highest BCUT2D eigenvalue weighted by molar-refractivity contribution is 5.23. The van der Waals surface area contributed by atoms with Gasteiger partial charge in [-0.05, 0) is 61.2 Å². The molecule has 0 aromatic heterocycles. The van der Waals surface area contributed by atoms with E-state index in [0.717, 1.165) is 35.5 Å². The van der Waals surface area contributed by atoms with Crippen molar-refractivity contribution in [3.8, 4) is 0 Å². The first kappa shape index (κ1) is 8.84. The van der Waals surface area contributed by atoms with Gasteiger partial charge >= 0.3 is 0 Å². The lowest BCUT2D eigenvalue weighted by Gasteiger charge is -2.28. The molecule has 0 aliphatic heterocycles. The summed E-state index contributed by atoms with van der Waals surface area (Å²) >= 11 is 0. The van der Waals surface area contributed by atoms with Crippen molar-refractivity contribution in [3.63, 3.8) is 0 Å². The second-order valence-electron chi connectivity index (χ2n) is 6.63. The standard InChI is InChI=1S/C15H22/c1-9-12-6-5-11-4-2-3-10-7-13(9)14(8-10)15(11)12/h10-15H,1-8H2. The van der Waals surface area contributed by atoms with Crippen LogP contribution in [-0.4, -0.2) is 0 Å². The summed E-state index contributed by atoms with van der Waals surface area (Å²) in [5.74, 6) is 6.28. The van der Waals surface area contributed by atoms with E-state index in [1.807, 2.05) is 0 Å². The van der Waals surface area contributed by atoms with Crippen LogP contribution in [0.15, 0.2) is 12.2 Å². The minimum absolute atomic E-state index is 0.962. The lowest BCUT2D eigenvalue weighted by Crippen LogP contribution is -2.20. The van der Waals surface area contributed by atoms with Gasteiger partial charge in [-0.3, -0.25) is 0 Å². The molecule has 0 heteroatoms. The van der Waals surface area contributed by atoms with Crippen LogP contribution >= 0.6 is 0 Å². The first-order chi connectivity index (χ1) is 7.34. The summed E-state index contributed by atoms with van der Waals surface area (Å²) in [7, 11) is 0. The van der Waals surface area contributed by atoms with E-state index in [0.29, 0.717) is 0 Å². The molecule has 4 aliphatic rings. The van der Waals surface area contributed by atoms with Gasteiger partial charge in [0.15, 0.2) is 0 Å². The van der Waals surface area contributed by atoms with Crippen molar-refractivity contribution in [1.82, 2.24) is 0 Å². The highest BCUT2D eigenvalue weighted by Gasteiger charge is 2.55. The van der Waals surface area contributed by atoms with Crippen molar-refractivity contribution in [2.45, 2.75) is 44.9 Å². The Balaban J connectivity index is 1.76. The maximum Gasteiger partial charge on any atom is -0.0169 e. The quantitative estimate of drug-likeness (QED) is 0.520. The van der Waals surface area contributed by atoms with Crippen molar-refractivity contribution in [1.29, 1.82) is 0 Å². The van der Waals surface area contributed by atoms with Crippen molar-refractivity contribution in [2.24, 2.45) is 35.5 Å². The first-order valence-electron chi connectivity index (χ1n) is 7.03. The largest absolute Gasteiger partial charge is 0.0993 e. The van der Waals surface area contributed by atoms with E-state index in [1.54, 1.807) is 18.4 Å². The summed E-state index contributed by atoms with van der Waals surface area (Å²) in [6.45, 7) is 4.47. The van der Waals surface area contributed by atoms with Gasteiger partial charge < -0.3 is 0 Å². The van der Waals surface area contributed by atoms with Crippen LogP contribution in [-0.2, 0) is 0 Å². The molecule has 0 aromatic rings. The van der Waals surface area contributed by atoms with Crippen LogP contribution in [0.1, 0.15) is 44.9 Å². The monoisotopic (exact) mass is 202 g/mol. The van der Waals surface area contributed by atoms with Crippen LogP contribution in [0.5, 0.6) is 0 Å². The predicted octanol–water partition coefficient (Wildman–Crippen LogP) is 4.02. The minimum Gasteiger partial charge on any atom is -0.0993 e. The number of hydrogen-bond acceptors (Lipinski definition) is 0. The van der Waals surface area contributed by atoms with Gasteiger partial charge in [-0.25, -0.2) is 0 Å². The van der Waals surface area contributed by atoms with Crippen molar-refractivity contribution in [2.75, 3.05) is 0 Å². The van der Waals surface area contributed by atoms with Gasteiger partial charge in [-0.1, -0.05) is 31.4 Å².